The van der Waals surface area contributed by atoms with Gasteiger partial charge >= 0.3 is 0 Å². The standard InChI is InChI=1S/C21H26N2O3S/c1-16-9-11-18(12-10-16)17(2)22(3)21(24)19-7-6-8-20(15-19)27(25,26)23-13-4-5-14-23/h6-12,15,17H,4-5,13-14H2,1-3H3. The maximum absolute atomic E-state index is 12.9. The van der Waals surface area contributed by atoms with Crippen molar-refractivity contribution in [2.45, 2.75) is 37.6 Å². The molecule has 1 heterocycles. The van der Waals surface area contributed by atoms with Crippen LogP contribution in [0.15, 0.2) is 53.4 Å². The molecule has 3 rings (SSSR count). The molecule has 1 saturated heterocycles. The molecular weight excluding hydrogens is 360 g/mol. The van der Waals surface area contributed by atoms with Gasteiger partial charge in [0.1, 0.15) is 0 Å². The number of carbonyl (C=O) groups is 1. The lowest BCUT2D eigenvalue weighted by Gasteiger charge is -2.26. The number of nitrogens with zero attached hydrogens (tertiary/aromatic N) is 2. The van der Waals surface area contributed by atoms with Gasteiger partial charge in [-0.3, -0.25) is 4.79 Å². The van der Waals surface area contributed by atoms with Crippen LogP contribution in [0.2, 0.25) is 0 Å². The van der Waals surface area contributed by atoms with Gasteiger partial charge in [0.05, 0.1) is 10.9 Å². The highest BCUT2D eigenvalue weighted by Gasteiger charge is 2.28. The van der Waals surface area contributed by atoms with Gasteiger partial charge < -0.3 is 4.90 Å². The van der Waals surface area contributed by atoms with Crippen molar-refractivity contribution in [1.82, 2.24) is 9.21 Å². The summed E-state index contributed by atoms with van der Waals surface area (Å²) in [7, 11) is -1.79. The van der Waals surface area contributed by atoms with Gasteiger partial charge in [-0.15, -0.1) is 0 Å². The summed E-state index contributed by atoms with van der Waals surface area (Å²) in [6.07, 6.45) is 1.77. The SMILES string of the molecule is Cc1ccc(C(C)N(C)C(=O)c2cccc(S(=O)(=O)N3CCCC3)c2)cc1. The van der Waals surface area contributed by atoms with Crippen molar-refractivity contribution in [3.05, 3.63) is 65.2 Å². The Labute approximate surface area is 161 Å². The second-order valence-electron chi connectivity index (χ2n) is 7.14. The lowest BCUT2D eigenvalue weighted by atomic mass is 10.0. The highest BCUT2D eigenvalue weighted by atomic mass is 32.2. The molecule has 0 aromatic heterocycles. The average molecular weight is 387 g/mol. The molecule has 0 bridgehead atoms. The van der Waals surface area contributed by atoms with E-state index in [-0.39, 0.29) is 16.8 Å². The van der Waals surface area contributed by atoms with E-state index >= 15 is 0 Å². The van der Waals surface area contributed by atoms with Crippen molar-refractivity contribution in [3.63, 3.8) is 0 Å². The third-order valence-electron chi connectivity index (χ3n) is 5.24. The van der Waals surface area contributed by atoms with Crippen molar-refractivity contribution in [2.75, 3.05) is 20.1 Å². The topological polar surface area (TPSA) is 57.7 Å². The molecule has 1 fully saturated rings. The van der Waals surface area contributed by atoms with Crippen LogP contribution in [0.1, 0.15) is 47.3 Å². The first-order chi connectivity index (χ1) is 12.8. The Bertz CT molecular complexity index is 917. The molecule has 0 spiro atoms. The van der Waals surface area contributed by atoms with Crippen LogP contribution >= 0.6 is 0 Å². The van der Waals surface area contributed by atoms with Crippen LogP contribution in [0.4, 0.5) is 0 Å². The van der Waals surface area contributed by atoms with E-state index in [2.05, 4.69) is 0 Å². The summed E-state index contributed by atoms with van der Waals surface area (Å²) < 4.78 is 27.0. The zero-order valence-electron chi connectivity index (χ0n) is 16.1. The molecule has 0 aliphatic carbocycles. The van der Waals surface area contributed by atoms with Gasteiger partial charge in [-0.1, -0.05) is 35.9 Å². The largest absolute Gasteiger partial charge is 0.335 e. The summed E-state index contributed by atoms with van der Waals surface area (Å²) in [6, 6.07) is 14.3. The Morgan fingerprint density at radius 1 is 1.07 bits per heavy atom. The van der Waals surface area contributed by atoms with E-state index in [4.69, 9.17) is 0 Å². The van der Waals surface area contributed by atoms with E-state index in [1.807, 2.05) is 38.1 Å². The number of hydrogen-bond donors (Lipinski definition) is 0. The van der Waals surface area contributed by atoms with Crippen molar-refractivity contribution in [2.24, 2.45) is 0 Å². The van der Waals surface area contributed by atoms with E-state index in [0.29, 0.717) is 18.7 Å². The monoisotopic (exact) mass is 386 g/mol. The summed E-state index contributed by atoms with van der Waals surface area (Å²) in [6.45, 7) is 5.08. The minimum atomic E-state index is -3.54. The van der Waals surface area contributed by atoms with Gasteiger partial charge in [0.15, 0.2) is 0 Å². The molecule has 5 nitrogen and oxygen atoms in total. The van der Waals surface area contributed by atoms with Gasteiger partial charge in [-0.05, 0) is 50.5 Å². The van der Waals surface area contributed by atoms with E-state index in [0.717, 1.165) is 18.4 Å². The molecule has 1 aliphatic rings. The number of hydrogen-bond acceptors (Lipinski definition) is 3. The van der Waals surface area contributed by atoms with E-state index in [1.165, 1.54) is 15.9 Å². The van der Waals surface area contributed by atoms with Crippen LogP contribution < -0.4 is 0 Å². The molecular formula is C21H26N2O3S. The first-order valence-electron chi connectivity index (χ1n) is 9.24. The minimum absolute atomic E-state index is 0.114. The quantitative estimate of drug-likeness (QED) is 0.789. The zero-order chi connectivity index (χ0) is 19.6. The lowest BCUT2D eigenvalue weighted by molar-refractivity contribution is 0.0742. The molecule has 2 aromatic carbocycles. The molecule has 0 saturated carbocycles. The van der Waals surface area contributed by atoms with Crippen LogP contribution in [-0.4, -0.2) is 43.7 Å². The summed E-state index contributed by atoms with van der Waals surface area (Å²) >= 11 is 0. The molecule has 1 atom stereocenters. The highest BCUT2D eigenvalue weighted by molar-refractivity contribution is 7.89. The van der Waals surface area contributed by atoms with E-state index in [9.17, 15) is 13.2 Å². The molecule has 0 radical (unpaired) electrons. The second-order valence-corrected chi connectivity index (χ2v) is 9.08. The van der Waals surface area contributed by atoms with E-state index < -0.39 is 10.0 Å². The second kappa shape index (κ2) is 7.82. The Hall–Kier alpha value is -2.18. The molecule has 1 amide bonds. The van der Waals surface area contributed by atoms with Gasteiger partial charge in [-0.2, -0.15) is 4.31 Å². The Balaban J connectivity index is 1.83. The van der Waals surface area contributed by atoms with Crippen LogP contribution in [0.25, 0.3) is 0 Å². The van der Waals surface area contributed by atoms with Gasteiger partial charge in [0.2, 0.25) is 10.0 Å². The number of rotatable bonds is 5. The summed E-state index contributed by atoms with van der Waals surface area (Å²) in [4.78, 5) is 14.8. The highest BCUT2D eigenvalue weighted by Crippen LogP contribution is 2.24. The minimum Gasteiger partial charge on any atom is -0.335 e. The smallest absolute Gasteiger partial charge is 0.254 e. The fraction of sp³-hybridized carbons (Fsp3) is 0.381. The molecule has 1 aliphatic heterocycles. The number of amides is 1. The van der Waals surface area contributed by atoms with Crippen LogP contribution in [0.5, 0.6) is 0 Å². The molecule has 0 N–H and O–H groups in total. The van der Waals surface area contributed by atoms with Gasteiger partial charge in [-0.25, -0.2) is 8.42 Å². The van der Waals surface area contributed by atoms with Gasteiger partial charge in [0, 0.05) is 25.7 Å². The van der Waals surface area contributed by atoms with Crippen molar-refractivity contribution >= 4 is 15.9 Å². The Morgan fingerprint density at radius 3 is 2.33 bits per heavy atom. The Morgan fingerprint density at radius 2 is 1.70 bits per heavy atom. The lowest BCUT2D eigenvalue weighted by Crippen LogP contribution is -2.30. The third kappa shape index (κ3) is 4.06. The molecule has 144 valence electrons. The van der Waals surface area contributed by atoms with Crippen molar-refractivity contribution in [1.29, 1.82) is 0 Å². The first kappa shape index (κ1) is 19.6. The maximum Gasteiger partial charge on any atom is 0.254 e. The Kier molecular flexibility index (Phi) is 5.67. The molecule has 2 aromatic rings. The summed E-state index contributed by atoms with van der Waals surface area (Å²) in [5, 5.41) is 0. The number of carbonyl (C=O) groups excluding carboxylic acids is 1. The number of aryl methyl sites for hydroxylation is 1. The summed E-state index contributed by atoms with van der Waals surface area (Å²) in [5.41, 5.74) is 2.59. The fourth-order valence-electron chi connectivity index (χ4n) is 3.32. The third-order valence-corrected chi connectivity index (χ3v) is 7.14. The molecule has 6 heteroatoms. The predicted octanol–water partition coefficient (Wildman–Crippen LogP) is 3.61. The normalized spacial score (nSPS) is 16.3. The van der Waals surface area contributed by atoms with Crippen LogP contribution in [0, 0.1) is 6.92 Å². The van der Waals surface area contributed by atoms with E-state index in [1.54, 1.807) is 30.1 Å². The predicted molar refractivity (Wildman–Crippen MR) is 106 cm³/mol. The first-order valence-corrected chi connectivity index (χ1v) is 10.7. The number of sulfonamides is 1. The van der Waals surface area contributed by atoms with Crippen LogP contribution in [-0.2, 0) is 10.0 Å². The molecule has 1 unspecified atom stereocenters. The zero-order valence-corrected chi connectivity index (χ0v) is 16.9. The van der Waals surface area contributed by atoms with Crippen molar-refractivity contribution < 1.29 is 13.2 Å². The average Bonchev–Trinajstić information content (AvgIpc) is 3.22. The maximum atomic E-state index is 12.9. The van der Waals surface area contributed by atoms with Gasteiger partial charge in [0.25, 0.3) is 5.91 Å². The molecule has 27 heavy (non-hydrogen) atoms. The number of benzene rings is 2. The van der Waals surface area contributed by atoms with Crippen molar-refractivity contribution in [3.8, 4) is 0 Å². The van der Waals surface area contributed by atoms with Crippen LogP contribution in [0.3, 0.4) is 0 Å². The summed E-state index contributed by atoms with van der Waals surface area (Å²) in [5.74, 6) is -0.193. The fourth-order valence-corrected chi connectivity index (χ4v) is 4.88.